The van der Waals surface area contributed by atoms with E-state index in [9.17, 15) is 18.9 Å². The minimum Gasteiger partial charge on any atom is -0.258 e. The predicted molar refractivity (Wildman–Crippen MR) is 76.5 cm³/mol. The maximum atomic E-state index is 12.2. The number of fused-ring (bicyclic) bond motifs is 1. The third-order valence-corrected chi connectivity index (χ3v) is 4.75. The minimum absolute atomic E-state index is 0.0241. The second kappa shape index (κ2) is 6.27. The highest BCUT2D eigenvalue weighted by atomic mass is 32.2. The third kappa shape index (κ3) is 3.51. The molecule has 0 saturated carbocycles. The van der Waals surface area contributed by atoms with Crippen molar-refractivity contribution in [1.29, 1.82) is 0 Å². The second-order valence-corrected chi connectivity index (χ2v) is 6.40. The standard InChI is InChI=1S/C12H10F2N2O2S2/c1-7(11(13)14)4-5-19-12-15-9-3-2-8(16(17)18)6-10(9)20-12/h2-3,6H,4-5H2,1H3. The van der Waals surface area contributed by atoms with Crippen LogP contribution in [0, 0.1) is 10.1 Å². The number of nitro benzene ring substituents is 1. The molecule has 0 fully saturated rings. The monoisotopic (exact) mass is 316 g/mol. The number of allylic oxidation sites excluding steroid dienone is 1. The summed E-state index contributed by atoms with van der Waals surface area (Å²) in [4.78, 5) is 14.5. The van der Waals surface area contributed by atoms with E-state index in [2.05, 4.69) is 4.98 Å². The zero-order valence-electron chi connectivity index (χ0n) is 10.4. The molecule has 1 heterocycles. The highest BCUT2D eigenvalue weighted by Crippen LogP contribution is 2.32. The summed E-state index contributed by atoms with van der Waals surface area (Å²) < 4.78 is 25.9. The highest BCUT2D eigenvalue weighted by molar-refractivity contribution is 8.01. The van der Waals surface area contributed by atoms with Crippen LogP contribution in [0.2, 0.25) is 0 Å². The van der Waals surface area contributed by atoms with Crippen molar-refractivity contribution in [3.8, 4) is 0 Å². The molecular weight excluding hydrogens is 306 g/mol. The van der Waals surface area contributed by atoms with Gasteiger partial charge in [-0.25, -0.2) is 4.98 Å². The summed E-state index contributed by atoms with van der Waals surface area (Å²) in [5.74, 6) is 0.505. The Balaban J connectivity index is 2.08. The average molecular weight is 316 g/mol. The first-order valence-electron chi connectivity index (χ1n) is 5.66. The predicted octanol–water partition coefficient (Wildman–Crippen LogP) is 4.86. The number of aromatic nitrogens is 1. The maximum absolute atomic E-state index is 12.2. The molecule has 4 nitrogen and oxygen atoms in total. The van der Waals surface area contributed by atoms with E-state index in [-0.39, 0.29) is 11.3 Å². The number of non-ortho nitro benzene ring substituents is 1. The number of benzene rings is 1. The molecule has 20 heavy (non-hydrogen) atoms. The van der Waals surface area contributed by atoms with E-state index < -0.39 is 11.0 Å². The van der Waals surface area contributed by atoms with Crippen LogP contribution in [-0.4, -0.2) is 15.7 Å². The number of halogens is 2. The summed E-state index contributed by atoms with van der Waals surface area (Å²) in [5.41, 5.74) is 0.789. The van der Waals surface area contributed by atoms with Crippen LogP contribution in [0.3, 0.4) is 0 Å². The summed E-state index contributed by atoms with van der Waals surface area (Å²) in [7, 11) is 0. The summed E-state index contributed by atoms with van der Waals surface area (Å²) in [5, 5.41) is 10.7. The molecule has 0 aliphatic carbocycles. The van der Waals surface area contributed by atoms with Gasteiger partial charge in [0.25, 0.3) is 11.8 Å². The number of thiazole rings is 1. The van der Waals surface area contributed by atoms with Crippen LogP contribution in [0.25, 0.3) is 10.2 Å². The van der Waals surface area contributed by atoms with E-state index in [1.807, 2.05) is 0 Å². The first kappa shape index (κ1) is 14.9. The third-order valence-electron chi connectivity index (χ3n) is 2.59. The molecule has 2 aromatic rings. The Kier molecular flexibility index (Phi) is 4.66. The highest BCUT2D eigenvalue weighted by Gasteiger charge is 2.10. The zero-order chi connectivity index (χ0) is 14.7. The van der Waals surface area contributed by atoms with Gasteiger partial charge in [-0.15, -0.1) is 11.3 Å². The van der Waals surface area contributed by atoms with E-state index in [4.69, 9.17) is 0 Å². The van der Waals surface area contributed by atoms with Crippen molar-refractivity contribution in [3.05, 3.63) is 40.0 Å². The number of hydrogen-bond acceptors (Lipinski definition) is 5. The van der Waals surface area contributed by atoms with Crippen LogP contribution in [0.1, 0.15) is 13.3 Å². The lowest BCUT2D eigenvalue weighted by Crippen LogP contribution is -1.85. The molecule has 0 atom stereocenters. The second-order valence-electron chi connectivity index (χ2n) is 4.03. The van der Waals surface area contributed by atoms with Crippen molar-refractivity contribution in [2.45, 2.75) is 17.7 Å². The smallest absolute Gasteiger partial charge is 0.258 e. The summed E-state index contributed by atoms with van der Waals surface area (Å²) >= 11 is 2.71. The molecule has 1 aromatic carbocycles. The van der Waals surface area contributed by atoms with Crippen LogP contribution in [-0.2, 0) is 0 Å². The SMILES string of the molecule is CC(CCSc1nc2ccc([N+](=O)[O-])cc2s1)=C(F)F. The van der Waals surface area contributed by atoms with Gasteiger partial charge in [0.2, 0.25) is 0 Å². The van der Waals surface area contributed by atoms with E-state index in [0.29, 0.717) is 17.7 Å². The van der Waals surface area contributed by atoms with Gasteiger partial charge in [0, 0.05) is 17.9 Å². The Hall–Kier alpha value is -1.54. The summed E-state index contributed by atoms with van der Waals surface area (Å²) in [6, 6.07) is 4.48. The molecule has 0 aliphatic heterocycles. The lowest BCUT2D eigenvalue weighted by molar-refractivity contribution is -0.384. The van der Waals surface area contributed by atoms with Gasteiger partial charge in [-0.1, -0.05) is 11.8 Å². The van der Waals surface area contributed by atoms with Crippen molar-refractivity contribution in [2.75, 3.05) is 5.75 Å². The van der Waals surface area contributed by atoms with Crippen molar-refractivity contribution < 1.29 is 13.7 Å². The largest absolute Gasteiger partial charge is 0.270 e. The number of nitro groups is 1. The van der Waals surface area contributed by atoms with Crippen molar-refractivity contribution in [1.82, 2.24) is 4.98 Å². The molecule has 0 aliphatic rings. The zero-order valence-corrected chi connectivity index (χ0v) is 12.1. The molecule has 0 spiro atoms. The summed E-state index contributed by atoms with van der Waals surface area (Å²) in [6.45, 7) is 1.40. The molecule has 106 valence electrons. The Bertz CT molecular complexity index is 681. The van der Waals surface area contributed by atoms with Gasteiger partial charge in [-0.3, -0.25) is 10.1 Å². The van der Waals surface area contributed by atoms with Crippen LogP contribution in [0.4, 0.5) is 14.5 Å². The minimum atomic E-state index is -1.63. The van der Waals surface area contributed by atoms with Gasteiger partial charge in [0.15, 0.2) is 4.34 Å². The fraction of sp³-hybridized carbons (Fsp3) is 0.250. The quantitative estimate of drug-likeness (QED) is 0.449. The lowest BCUT2D eigenvalue weighted by Gasteiger charge is -1.97. The molecule has 0 N–H and O–H groups in total. The molecule has 0 unspecified atom stereocenters. The molecule has 0 radical (unpaired) electrons. The first-order chi connectivity index (χ1) is 9.47. The van der Waals surface area contributed by atoms with Crippen molar-refractivity contribution >= 4 is 39.0 Å². The Morgan fingerprint density at radius 1 is 1.50 bits per heavy atom. The number of nitrogens with zero attached hydrogens (tertiary/aromatic N) is 2. The lowest BCUT2D eigenvalue weighted by atomic mass is 10.3. The summed E-state index contributed by atoms with van der Waals surface area (Å²) in [6.07, 6.45) is -1.34. The van der Waals surface area contributed by atoms with Gasteiger partial charge in [-0.2, -0.15) is 8.78 Å². The molecular formula is C12H10F2N2O2S2. The van der Waals surface area contributed by atoms with Gasteiger partial charge < -0.3 is 0 Å². The molecule has 0 amide bonds. The van der Waals surface area contributed by atoms with Gasteiger partial charge in [-0.05, 0) is 25.0 Å². The maximum Gasteiger partial charge on any atom is 0.270 e. The molecule has 0 saturated heterocycles. The van der Waals surface area contributed by atoms with Gasteiger partial charge >= 0.3 is 0 Å². The number of rotatable bonds is 5. The van der Waals surface area contributed by atoms with Crippen LogP contribution < -0.4 is 0 Å². The average Bonchev–Trinajstić information content (AvgIpc) is 2.79. The normalized spacial score (nSPS) is 10.8. The van der Waals surface area contributed by atoms with Crippen LogP contribution in [0.5, 0.6) is 0 Å². The Labute approximate surface area is 121 Å². The first-order valence-corrected chi connectivity index (χ1v) is 7.46. The van der Waals surface area contributed by atoms with Gasteiger partial charge in [0.05, 0.1) is 15.1 Å². The van der Waals surface area contributed by atoms with Crippen molar-refractivity contribution in [3.63, 3.8) is 0 Å². The van der Waals surface area contributed by atoms with Crippen molar-refractivity contribution in [2.24, 2.45) is 0 Å². The Morgan fingerprint density at radius 3 is 2.90 bits per heavy atom. The molecule has 1 aromatic heterocycles. The van der Waals surface area contributed by atoms with Crippen LogP contribution >= 0.6 is 23.1 Å². The van der Waals surface area contributed by atoms with E-state index >= 15 is 0 Å². The van der Waals surface area contributed by atoms with E-state index in [0.717, 1.165) is 9.04 Å². The van der Waals surface area contributed by atoms with E-state index in [1.165, 1.54) is 42.2 Å². The fourth-order valence-corrected chi connectivity index (χ4v) is 3.68. The molecule has 8 heteroatoms. The number of thioether (sulfide) groups is 1. The van der Waals surface area contributed by atoms with Gasteiger partial charge in [0.1, 0.15) is 0 Å². The fourth-order valence-electron chi connectivity index (χ4n) is 1.45. The molecule has 2 rings (SSSR count). The van der Waals surface area contributed by atoms with E-state index in [1.54, 1.807) is 6.07 Å². The number of hydrogen-bond donors (Lipinski definition) is 0. The Morgan fingerprint density at radius 2 is 2.25 bits per heavy atom. The van der Waals surface area contributed by atoms with Crippen LogP contribution in [0.15, 0.2) is 34.2 Å². The topological polar surface area (TPSA) is 56.0 Å². The molecule has 0 bridgehead atoms.